The van der Waals surface area contributed by atoms with Crippen LogP contribution in [0, 0.1) is 6.92 Å². The van der Waals surface area contributed by atoms with Crippen LogP contribution < -0.4 is 10.2 Å². The smallest absolute Gasteiger partial charge is 0.147 e. The molecule has 146 valence electrons. The van der Waals surface area contributed by atoms with E-state index in [0.29, 0.717) is 6.04 Å². The molecule has 1 aliphatic heterocycles. The van der Waals surface area contributed by atoms with Crippen LogP contribution in [0.3, 0.4) is 0 Å². The normalized spacial score (nSPS) is 17.0. The Morgan fingerprint density at radius 2 is 2.00 bits per heavy atom. The average molecular weight is 384 g/mol. The summed E-state index contributed by atoms with van der Waals surface area (Å²) >= 11 is 0. The molecule has 5 rings (SSSR count). The fraction of sp³-hybridized carbons (Fsp3) is 0.261. The summed E-state index contributed by atoms with van der Waals surface area (Å²) in [6.45, 7) is 4.82. The van der Waals surface area contributed by atoms with Crippen LogP contribution in [-0.4, -0.2) is 45.8 Å². The van der Waals surface area contributed by atoms with Crippen molar-refractivity contribution in [1.29, 1.82) is 0 Å². The molecule has 2 aromatic carbocycles. The van der Waals surface area contributed by atoms with Crippen molar-refractivity contribution in [3.63, 3.8) is 0 Å². The highest BCUT2D eigenvalue weighted by Gasteiger charge is 2.21. The monoisotopic (exact) mass is 384 g/mol. The number of aromatic amines is 1. The lowest BCUT2D eigenvalue weighted by Crippen LogP contribution is -2.52. The third-order valence-electron chi connectivity index (χ3n) is 5.58. The minimum absolute atomic E-state index is 0.404. The van der Waals surface area contributed by atoms with E-state index in [2.05, 4.69) is 73.9 Å². The van der Waals surface area contributed by atoms with Crippen LogP contribution in [0.15, 0.2) is 60.9 Å². The molecular formula is C23H24N6. The van der Waals surface area contributed by atoms with Gasteiger partial charge in [0.1, 0.15) is 5.82 Å². The molecule has 6 nitrogen and oxygen atoms in total. The quantitative estimate of drug-likeness (QED) is 0.565. The van der Waals surface area contributed by atoms with Crippen molar-refractivity contribution in [2.24, 2.45) is 0 Å². The van der Waals surface area contributed by atoms with Gasteiger partial charge in [0.15, 0.2) is 0 Å². The average Bonchev–Trinajstić information content (AvgIpc) is 3.15. The third-order valence-corrected chi connectivity index (χ3v) is 5.58. The number of nitrogens with zero attached hydrogens (tertiary/aromatic N) is 4. The number of rotatable bonds is 4. The number of piperazine rings is 1. The fourth-order valence-electron chi connectivity index (χ4n) is 4.02. The van der Waals surface area contributed by atoms with Crippen LogP contribution in [0.2, 0.25) is 0 Å². The van der Waals surface area contributed by atoms with Gasteiger partial charge < -0.3 is 10.2 Å². The maximum atomic E-state index is 4.93. The number of nitrogens with one attached hydrogen (secondary N) is 2. The zero-order valence-electron chi connectivity index (χ0n) is 16.5. The van der Waals surface area contributed by atoms with Crippen molar-refractivity contribution in [1.82, 2.24) is 25.5 Å². The topological polar surface area (TPSA) is 69.7 Å². The van der Waals surface area contributed by atoms with Gasteiger partial charge in [0, 0.05) is 36.6 Å². The second-order valence-corrected chi connectivity index (χ2v) is 7.62. The van der Waals surface area contributed by atoms with E-state index in [4.69, 9.17) is 4.98 Å². The van der Waals surface area contributed by atoms with Crippen LogP contribution in [0.25, 0.3) is 22.2 Å². The van der Waals surface area contributed by atoms with Crippen molar-refractivity contribution in [2.45, 2.75) is 19.4 Å². The molecule has 0 bridgehead atoms. The van der Waals surface area contributed by atoms with Gasteiger partial charge in [0.05, 0.1) is 29.3 Å². The summed E-state index contributed by atoms with van der Waals surface area (Å²) in [5, 5.41) is 12.1. The largest absolute Gasteiger partial charge is 0.352 e. The summed E-state index contributed by atoms with van der Waals surface area (Å²) in [6, 6.07) is 17.3. The number of benzene rings is 2. The van der Waals surface area contributed by atoms with E-state index >= 15 is 0 Å². The van der Waals surface area contributed by atoms with Gasteiger partial charge in [0.25, 0.3) is 0 Å². The molecule has 3 heterocycles. The molecule has 0 saturated carbocycles. The van der Waals surface area contributed by atoms with E-state index in [9.17, 15) is 0 Å². The Labute approximate surface area is 170 Å². The highest BCUT2D eigenvalue weighted by molar-refractivity contribution is 5.85. The molecule has 0 aliphatic carbocycles. The van der Waals surface area contributed by atoms with E-state index in [1.54, 1.807) is 0 Å². The molecule has 1 atom stereocenters. The van der Waals surface area contributed by atoms with Gasteiger partial charge in [-0.15, -0.1) is 0 Å². The number of aryl methyl sites for hydroxylation is 1. The summed E-state index contributed by atoms with van der Waals surface area (Å²) in [7, 11) is 0. The van der Waals surface area contributed by atoms with Crippen LogP contribution in [-0.2, 0) is 6.42 Å². The summed E-state index contributed by atoms with van der Waals surface area (Å²) < 4.78 is 0. The molecule has 4 aromatic rings. The minimum atomic E-state index is 0.404. The van der Waals surface area contributed by atoms with E-state index in [1.165, 1.54) is 5.56 Å². The summed E-state index contributed by atoms with van der Waals surface area (Å²) in [5.41, 5.74) is 5.35. The van der Waals surface area contributed by atoms with Crippen molar-refractivity contribution in [3.8, 4) is 11.3 Å². The Bertz CT molecular complexity index is 1120. The summed E-state index contributed by atoms with van der Waals surface area (Å²) in [4.78, 5) is 11.8. The Morgan fingerprint density at radius 1 is 1.10 bits per heavy atom. The first-order valence-corrected chi connectivity index (χ1v) is 10.1. The van der Waals surface area contributed by atoms with Gasteiger partial charge in [-0.3, -0.25) is 10.1 Å². The molecule has 2 aromatic heterocycles. The van der Waals surface area contributed by atoms with E-state index in [-0.39, 0.29) is 0 Å². The van der Waals surface area contributed by atoms with E-state index < -0.39 is 0 Å². The summed E-state index contributed by atoms with van der Waals surface area (Å²) in [6.07, 6.45) is 4.72. The van der Waals surface area contributed by atoms with Gasteiger partial charge >= 0.3 is 0 Å². The molecule has 0 radical (unpaired) electrons. The number of hydrogen-bond donors (Lipinski definition) is 2. The number of fused-ring (bicyclic) bond motifs is 1. The number of hydrogen-bond acceptors (Lipinski definition) is 5. The second kappa shape index (κ2) is 7.64. The molecule has 29 heavy (non-hydrogen) atoms. The Balaban J connectivity index is 1.37. The molecule has 0 spiro atoms. The SMILES string of the molecule is Cc1n[nH]c2ccc(-c3cncc(N4CCN[C@@H](Cc5ccccc5)C4)n3)cc12. The number of aromatic nitrogens is 4. The third kappa shape index (κ3) is 3.71. The van der Waals surface area contributed by atoms with Crippen molar-refractivity contribution >= 4 is 16.7 Å². The molecule has 6 heteroatoms. The van der Waals surface area contributed by atoms with Gasteiger partial charge in [-0.05, 0) is 31.0 Å². The first-order chi connectivity index (χ1) is 14.3. The molecular weight excluding hydrogens is 360 g/mol. The van der Waals surface area contributed by atoms with Crippen LogP contribution in [0.1, 0.15) is 11.3 Å². The molecule has 0 amide bonds. The molecule has 0 unspecified atom stereocenters. The Morgan fingerprint density at radius 3 is 2.90 bits per heavy atom. The van der Waals surface area contributed by atoms with E-state index in [0.717, 1.165) is 59.7 Å². The number of anilines is 1. The lowest BCUT2D eigenvalue weighted by Gasteiger charge is -2.34. The molecule has 1 fully saturated rings. The van der Waals surface area contributed by atoms with Crippen molar-refractivity contribution < 1.29 is 0 Å². The highest BCUT2D eigenvalue weighted by atomic mass is 15.2. The molecule has 1 aliphatic rings. The van der Waals surface area contributed by atoms with Gasteiger partial charge in [-0.25, -0.2) is 4.98 Å². The minimum Gasteiger partial charge on any atom is -0.352 e. The summed E-state index contributed by atoms with van der Waals surface area (Å²) in [5.74, 6) is 0.936. The number of H-pyrrole nitrogens is 1. The Hall–Kier alpha value is -3.25. The second-order valence-electron chi connectivity index (χ2n) is 7.62. The lowest BCUT2D eigenvalue weighted by molar-refractivity contribution is 0.452. The molecule has 2 N–H and O–H groups in total. The predicted molar refractivity (Wildman–Crippen MR) is 116 cm³/mol. The lowest BCUT2D eigenvalue weighted by atomic mass is 10.0. The Kier molecular flexibility index (Phi) is 4.69. The maximum Gasteiger partial charge on any atom is 0.147 e. The van der Waals surface area contributed by atoms with Crippen LogP contribution in [0.5, 0.6) is 0 Å². The zero-order valence-corrected chi connectivity index (χ0v) is 16.5. The first-order valence-electron chi connectivity index (χ1n) is 10.1. The van der Waals surface area contributed by atoms with Crippen LogP contribution >= 0.6 is 0 Å². The van der Waals surface area contributed by atoms with Crippen LogP contribution in [0.4, 0.5) is 5.82 Å². The maximum absolute atomic E-state index is 4.93. The predicted octanol–water partition coefficient (Wildman–Crippen LogP) is 3.35. The van der Waals surface area contributed by atoms with Crippen molar-refractivity contribution in [3.05, 3.63) is 72.2 Å². The first kappa shape index (κ1) is 17.8. The van der Waals surface area contributed by atoms with Gasteiger partial charge in [0.2, 0.25) is 0 Å². The van der Waals surface area contributed by atoms with E-state index in [1.807, 2.05) is 19.3 Å². The van der Waals surface area contributed by atoms with Gasteiger partial charge in [-0.2, -0.15) is 5.10 Å². The van der Waals surface area contributed by atoms with Gasteiger partial charge in [-0.1, -0.05) is 36.4 Å². The van der Waals surface area contributed by atoms with Crippen molar-refractivity contribution in [2.75, 3.05) is 24.5 Å². The standard InChI is InChI=1S/C23H24N6/c1-16-20-12-18(7-8-21(20)28-27-16)22-13-24-14-23(26-22)29-10-9-25-19(15-29)11-17-5-3-2-4-6-17/h2-8,12-14,19,25H,9-11,15H2,1H3,(H,27,28)/t19-/m0/s1. The highest BCUT2D eigenvalue weighted by Crippen LogP contribution is 2.25. The fourth-order valence-corrected chi connectivity index (χ4v) is 4.02. The zero-order chi connectivity index (χ0) is 19.6. The molecule has 1 saturated heterocycles.